The van der Waals surface area contributed by atoms with Gasteiger partial charge in [-0.05, 0) is 42.1 Å². The Morgan fingerprint density at radius 1 is 0.950 bits per heavy atom. The Labute approximate surface area is 121 Å². The SMILES string of the molecule is CNC/C=C\C1c2ccccc2CCc2ccccc21. The molecule has 1 aliphatic rings. The third kappa shape index (κ3) is 2.54. The maximum atomic E-state index is 3.18. The smallest absolute Gasteiger partial charge is 0.0275 e. The summed E-state index contributed by atoms with van der Waals surface area (Å²) in [5, 5.41) is 3.18. The number of hydrogen-bond donors (Lipinski definition) is 1. The highest BCUT2D eigenvalue weighted by Crippen LogP contribution is 2.34. The zero-order valence-electron chi connectivity index (χ0n) is 12.0. The predicted octanol–water partition coefficient (Wildman–Crippen LogP) is 3.69. The molecular weight excluding hydrogens is 242 g/mol. The van der Waals surface area contributed by atoms with Crippen LogP contribution in [0.5, 0.6) is 0 Å². The van der Waals surface area contributed by atoms with E-state index in [4.69, 9.17) is 0 Å². The molecule has 2 aromatic rings. The predicted molar refractivity (Wildman–Crippen MR) is 85.2 cm³/mol. The summed E-state index contributed by atoms with van der Waals surface area (Å²) in [4.78, 5) is 0. The van der Waals surface area contributed by atoms with Gasteiger partial charge in [0.05, 0.1) is 0 Å². The molecule has 0 bridgehead atoms. The third-order valence-electron chi connectivity index (χ3n) is 4.09. The molecule has 2 aromatic carbocycles. The lowest BCUT2D eigenvalue weighted by Gasteiger charge is -2.16. The van der Waals surface area contributed by atoms with Gasteiger partial charge in [0.1, 0.15) is 0 Å². The van der Waals surface area contributed by atoms with Crippen molar-refractivity contribution < 1.29 is 0 Å². The van der Waals surface area contributed by atoms with Gasteiger partial charge in [0, 0.05) is 12.5 Å². The second kappa shape index (κ2) is 6.06. The highest BCUT2D eigenvalue weighted by Gasteiger charge is 2.20. The summed E-state index contributed by atoms with van der Waals surface area (Å²) in [5.41, 5.74) is 5.90. The molecule has 0 saturated heterocycles. The number of fused-ring (bicyclic) bond motifs is 2. The van der Waals surface area contributed by atoms with Crippen LogP contribution in [0.1, 0.15) is 28.2 Å². The summed E-state index contributed by atoms with van der Waals surface area (Å²) in [6.45, 7) is 0.917. The maximum absolute atomic E-state index is 3.18. The van der Waals surface area contributed by atoms with Crippen molar-refractivity contribution in [3.63, 3.8) is 0 Å². The average Bonchev–Trinajstić information content (AvgIpc) is 2.66. The number of benzene rings is 2. The highest BCUT2D eigenvalue weighted by atomic mass is 14.8. The van der Waals surface area contributed by atoms with Crippen LogP contribution >= 0.6 is 0 Å². The minimum atomic E-state index is 0.387. The van der Waals surface area contributed by atoms with Crippen molar-refractivity contribution in [3.8, 4) is 0 Å². The minimum absolute atomic E-state index is 0.387. The molecule has 0 fully saturated rings. The van der Waals surface area contributed by atoms with Gasteiger partial charge in [-0.1, -0.05) is 60.7 Å². The van der Waals surface area contributed by atoms with Crippen LogP contribution in [-0.4, -0.2) is 13.6 Å². The molecular formula is C19H21N. The Hall–Kier alpha value is -1.86. The molecule has 3 rings (SSSR count). The Balaban J connectivity index is 2.09. The van der Waals surface area contributed by atoms with Gasteiger partial charge in [-0.3, -0.25) is 0 Å². The summed E-state index contributed by atoms with van der Waals surface area (Å²) in [7, 11) is 1.99. The monoisotopic (exact) mass is 263 g/mol. The zero-order valence-corrected chi connectivity index (χ0v) is 12.0. The Kier molecular flexibility index (Phi) is 3.98. The molecule has 0 atom stereocenters. The van der Waals surface area contributed by atoms with Crippen molar-refractivity contribution in [2.24, 2.45) is 0 Å². The van der Waals surface area contributed by atoms with Gasteiger partial charge < -0.3 is 5.32 Å². The molecule has 1 nitrogen and oxygen atoms in total. The number of rotatable bonds is 3. The molecule has 0 unspecified atom stereocenters. The fraction of sp³-hybridized carbons (Fsp3) is 0.263. The minimum Gasteiger partial charge on any atom is -0.316 e. The van der Waals surface area contributed by atoms with Crippen LogP contribution in [0.4, 0.5) is 0 Å². The van der Waals surface area contributed by atoms with Crippen LogP contribution in [0, 0.1) is 0 Å². The van der Waals surface area contributed by atoms with E-state index < -0.39 is 0 Å². The second-order valence-corrected chi connectivity index (χ2v) is 5.36. The lowest BCUT2D eigenvalue weighted by Crippen LogP contribution is -2.06. The van der Waals surface area contributed by atoms with Crippen molar-refractivity contribution in [2.75, 3.05) is 13.6 Å². The first-order valence-electron chi connectivity index (χ1n) is 7.37. The van der Waals surface area contributed by atoms with Crippen molar-refractivity contribution in [3.05, 3.63) is 82.9 Å². The van der Waals surface area contributed by atoms with E-state index in [1.54, 1.807) is 0 Å². The molecule has 0 spiro atoms. The quantitative estimate of drug-likeness (QED) is 0.833. The van der Waals surface area contributed by atoms with Gasteiger partial charge in [-0.2, -0.15) is 0 Å². The number of hydrogen-bond acceptors (Lipinski definition) is 1. The number of nitrogens with one attached hydrogen (secondary N) is 1. The van der Waals surface area contributed by atoms with E-state index in [2.05, 4.69) is 66.0 Å². The van der Waals surface area contributed by atoms with E-state index >= 15 is 0 Å². The number of likely N-dealkylation sites (N-methyl/N-ethyl adjacent to an activating group) is 1. The molecule has 1 heteroatoms. The first-order chi connectivity index (χ1) is 9.90. The fourth-order valence-electron chi connectivity index (χ4n) is 3.10. The lowest BCUT2D eigenvalue weighted by molar-refractivity contribution is 0.906. The van der Waals surface area contributed by atoms with Crippen LogP contribution in [0.2, 0.25) is 0 Å². The van der Waals surface area contributed by atoms with E-state index in [1.807, 2.05) is 7.05 Å². The van der Waals surface area contributed by atoms with Crippen LogP contribution in [0.25, 0.3) is 0 Å². The molecule has 0 radical (unpaired) electrons. The molecule has 0 saturated carbocycles. The molecule has 0 aliphatic heterocycles. The van der Waals surface area contributed by atoms with Crippen molar-refractivity contribution in [1.82, 2.24) is 5.32 Å². The second-order valence-electron chi connectivity index (χ2n) is 5.36. The molecule has 1 aliphatic carbocycles. The average molecular weight is 263 g/mol. The summed E-state index contributed by atoms with van der Waals surface area (Å²) in [6, 6.07) is 17.8. The topological polar surface area (TPSA) is 12.0 Å². The summed E-state index contributed by atoms with van der Waals surface area (Å²) in [5.74, 6) is 0.387. The van der Waals surface area contributed by atoms with E-state index in [0.29, 0.717) is 5.92 Å². The number of allylic oxidation sites excluding steroid dienone is 1. The Morgan fingerprint density at radius 3 is 2.05 bits per heavy atom. The largest absolute Gasteiger partial charge is 0.316 e. The molecule has 20 heavy (non-hydrogen) atoms. The van der Waals surface area contributed by atoms with Gasteiger partial charge in [0.25, 0.3) is 0 Å². The summed E-state index contributed by atoms with van der Waals surface area (Å²) >= 11 is 0. The Bertz CT molecular complexity index is 565. The fourth-order valence-corrected chi connectivity index (χ4v) is 3.10. The number of aryl methyl sites for hydroxylation is 2. The van der Waals surface area contributed by atoms with Crippen LogP contribution in [-0.2, 0) is 12.8 Å². The van der Waals surface area contributed by atoms with Gasteiger partial charge in [-0.25, -0.2) is 0 Å². The van der Waals surface area contributed by atoms with Crippen LogP contribution < -0.4 is 5.32 Å². The zero-order chi connectivity index (χ0) is 13.8. The summed E-state index contributed by atoms with van der Waals surface area (Å²) < 4.78 is 0. The maximum Gasteiger partial charge on any atom is 0.0275 e. The van der Waals surface area contributed by atoms with Crippen LogP contribution in [0.15, 0.2) is 60.7 Å². The third-order valence-corrected chi connectivity index (χ3v) is 4.09. The van der Waals surface area contributed by atoms with Gasteiger partial charge in [-0.15, -0.1) is 0 Å². The standard InChI is InChI=1S/C19H21N/c1-20-14-6-11-19-17-9-4-2-7-15(17)12-13-16-8-3-5-10-18(16)19/h2-11,19-20H,12-14H2,1H3/b11-6-. The van der Waals surface area contributed by atoms with Gasteiger partial charge >= 0.3 is 0 Å². The first-order valence-corrected chi connectivity index (χ1v) is 7.37. The van der Waals surface area contributed by atoms with Crippen LogP contribution in [0.3, 0.4) is 0 Å². The van der Waals surface area contributed by atoms with Gasteiger partial charge in [0.2, 0.25) is 0 Å². The molecule has 0 amide bonds. The van der Waals surface area contributed by atoms with Crippen molar-refractivity contribution in [2.45, 2.75) is 18.8 Å². The summed E-state index contributed by atoms with van der Waals surface area (Å²) in [6.07, 6.45) is 6.87. The normalized spacial score (nSPS) is 14.8. The van der Waals surface area contributed by atoms with E-state index in [1.165, 1.54) is 22.3 Å². The van der Waals surface area contributed by atoms with Crippen molar-refractivity contribution >= 4 is 0 Å². The molecule has 1 N–H and O–H groups in total. The van der Waals surface area contributed by atoms with Crippen molar-refractivity contribution in [1.29, 1.82) is 0 Å². The van der Waals surface area contributed by atoms with E-state index in [0.717, 1.165) is 19.4 Å². The molecule has 102 valence electrons. The molecule has 0 heterocycles. The van der Waals surface area contributed by atoms with E-state index in [-0.39, 0.29) is 0 Å². The molecule has 0 aromatic heterocycles. The van der Waals surface area contributed by atoms with Gasteiger partial charge in [0.15, 0.2) is 0 Å². The Morgan fingerprint density at radius 2 is 1.50 bits per heavy atom. The first kappa shape index (κ1) is 13.1. The van der Waals surface area contributed by atoms with E-state index in [9.17, 15) is 0 Å². The lowest BCUT2D eigenvalue weighted by atomic mass is 9.88. The highest BCUT2D eigenvalue weighted by molar-refractivity contribution is 5.47.